The molecule has 106 valence electrons. The van der Waals surface area contributed by atoms with Gasteiger partial charge in [-0.2, -0.15) is 0 Å². The predicted octanol–water partition coefficient (Wildman–Crippen LogP) is 0.327. The molecule has 0 radical (unpaired) electrons. The number of amides is 1. The van der Waals surface area contributed by atoms with Gasteiger partial charge in [-0.15, -0.1) is 5.10 Å². The van der Waals surface area contributed by atoms with Crippen LogP contribution in [0.1, 0.15) is 0 Å². The summed E-state index contributed by atoms with van der Waals surface area (Å²) in [6, 6.07) is 4.08. The van der Waals surface area contributed by atoms with Crippen LogP contribution in [0.25, 0.3) is 0 Å². The highest BCUT2D eigenvalue weighted by Crippen LogP contribution is 2.25. The fourth-order valence-corrected chi connectivity index (χ4v) is 2.60. The minimum atomic E-state index is -3.78. The highest BCUT2D eigenvalue weighted by atomic mass is 79.9. The van der Waals surface area contributed by atoms with Gasteiger partial charge in [-0.3, -0.25) is 4.79 Å². The topological polar surface area (TPSA) is 120 Å². The molecule has 1 amide bonds. The van der Waals surface area contributed by atoms with Gasteiger partial charge < -0.3 is 5.32 Å². The van der Waals surface area contributed by atoms with E-state index in [1.807, 2.05) is 0 Å². The number of aromatic nitrogens is 3. The third-order valence-corrected chi connectivity index (χ3v) is 3.89. The number of primary sulfonamides is 1. The summed E-state index contributed by atoms with van der Waals surface area (Å²) in [7, 11) is -3.78. The third kappa shape index (κ3) is 3.62. The maximum atomic E-state index is 11.8. The Bertz CT molecular complexity index is 729. The second kappa shape index (κ2) is 5.69. The summed E-state index contributed by atoms with van der Waals surface area (Å²) >= 11 is 3.18. The van der Waals surface area contributed by atoms with Crippen LogP contribution in [0.5, 0.6) is 0 Å². The first kappa shape index (κ1) is 14.6. The fraction of sp³-hybridized carbons (Fsp3) is 0.100. The van der Waals surface area contributed by atoms with E-state index < -0.39 is 10.0 Å². The van der Waals surface area contributed by atoms with Gasteiger partial charge in [0.05, 0.1) is 16.8 Å². The van der Waals surface area contributed by atoms with E-state index >= 15 is 0 Å². The van der Waals surface area contributed by atoms with E-state index in [0.717, 1.165) is 0 Å². The first-order chi connectivity index (χ1) is 9.36. The van der Waals surface area contributed by atoms with E-state index in [1.165, 1.54) is 29.1 Å². The molecule has 0 saturated heterocycles. The van der Waals surface area contributed by atoms with Gasteiger partial charge in [-0.05, 0) is 34.1 Å². The Kier molecular flexibility index (Phi) is 4.16. The van der Waals surface area contributed by atoms with E-state index in [0.29, 0.717) is 10.2 Å². The van der Waals surface area contributed by atoms with Crippen molar-refractivity contribution in [3.05, 3.63) is 35.1 Å². The molecule has 2 aromatic rings. The average Bonchev–Trinajstić information content (AvgIpc) is 2.83. The molecule has 0 aliphatic heterocycles. The average molecular weight is 360 g/mol. The molecule has 1 heterocycles. The second-order valence-corrected chi connectivity index (χ2v) is 6.25. The van der Waals surface area contributed by atoms with Crippen LogP contribution in [0, 0.1) is 0 Å². The molecule has 10 heteroatoms. The van der Waals surface area contributed by atoms with Gasteiger partial charge in [-0.25, -0.2) is 18.2 Å². The number of hydrogen-bond acceptors (Lipinski definition) is 5. The lowest BCUT2D eigenvalue weighted by atomic mass is 10.3. The maximum absolute atomic E-state index is 11.8. The van der Waals surface area contributed by atoms with Crippen LogP contribution in [0.3, 0.4) is 0 Å². The largest absolute Gasteiger partial charge is 0.323 e. The van der Waals surface area contributed by atoms with Crippen LogP contribution in [0.2, 0.25) is 0 Å². The van der Waals surface area contributed by atoms with Gasteiger partial charge in [0.25, 0.3) is 0 Å². The van der Waals surface area contributed by atoms with Crippen molar-refractivity contribution in [3.8, 4) is 0 Å². The van der Waals surface area contributed by atoms with Crippen molar-refractivity contribution in [2.75, 3.05) is 5.32 Å². The number of nitrogens with one attached hydrogen (secondary N) is 1. The molecular formula is C10H10BrN5O3S. The zero-order chi connectivity index (χ0) is 14.8. The SMILES string of the molecule is NS(=O)(=O)c1ccc(NC(=O)Cn2ccnn2)c(Br)c1. The van der Waals surface area contributed by atoms with Crippen molar-refractivity contribution in [2.24, 2.45) is 5.14 Å². The highest BCUT2D eigenvalue weighted by Gasteiger charge is 2.12. The Hall–Kier alpha value is -1.78. The third-order valence-electron chi connectivity index (χ3n) is 2.32. The van der Waals surface area contributed by atoms with Crippen molar-refractivity contribution >= 4 is 37.5 Å². The smallest absolute Gasteiger partial charge is 0.246 e. The number of carbonyl (C=O) groups is 1. The van der Waals surface area contributed by atoms with Gasteiger partial charge >= 0.3 is 0 Å². The van der Waals surface area contributed by atoms with Crippen molar-refractivity contribution in [1.29, 1.82) is 0 Å². The standard InChI is InChI=1S/C10H10BrN5O3S/c11-8-5-7(20(12,18)19)1-2-9(8)14-10(17)6-16-4-3-13-15-16/h1-5H,6H2,(H,14,17)(H2,12,18,19). The molecule has 0 spiro atoms. The number of rotatable bonds is 4. The molecule has 20 heavy (non-hydrogen) atoms. The molecule has 0 aliphatic rings. The first-order valence-corrected chi connectivity index (χ1v) is 7.66. The van der Waals surface area contributed by atoms with Crippen LogP contribution in [-0.4, -0.2) is 29.3 Å². The number of hydrogen-bond donors (Lipinski definition) is 2. The van der Waals surface area contributed by atoms with Crippen LogP contribution >= 0.6 is 15.9 Å². The highest BCUT2D eigenvalue weighted by molar-refractivity contribution is 9.10. The van der Waals surface area contributed by atoms with E-state index in [4.69, 9.17) is 5.14 Å². The van der Waals surface area contributed by atoms with Gasteiger partial charge in [-0.1, -0.05) is 5.21 Å². The van der Waals surface area contributed by atoms with Gasteiger partial charge in [0, 0.05) is 10.7 Å². The molecule has 0 unspecified atom stereocenters. The minimum absolute atomic E-state index is 0.00335. The second-order valence-electron chi connectivity index (χ2n) is 3.84. The van der Waals surface area contributed by atoms with Gasteiger partial charge in [0.1, 0.15) is 6.54 Å². The molecule has 0 bridgehead atoms. The zero-order valence-electron chi connectivity index (χ0n) is 10.0. The lowest BCUT2D eigenvalue weighted by molar-refractivity contribution is -0.116. The maximum Gasteiger partial charge on any atom is 0.246 e. The number of halogens is 1. The lowest BCUT2D eigenvalue weighted by Gasteiger charge is -2.08. The molecule has 0 aliphatic carbocycles. The molecule has 1 aromatic heterocycles. The van der Waals surface area contributed by atoms with Crippen molar-refractivity contribution in [3.63, 3.8) is 0 Å². The fourth-order valence-electron chi connectivity index (χ4n) is 1.43. The predicted molar refractivity (Wildman–Crippen MR) is 74.2 cm³/mol. The summed E-state index contributed by atoms with van der Waals surface area (Å²) in [5, 5.41) is 14.9. The molecule has 3 N–H and O–H groups in total. The number of sulfonamides is 1. The Labute approximate surface area is 123 Å². The number of carbonyl (C=O) groups excluding carboxylic acids is 1. The number of benzene rings is 1. The van der Waals surface area contributed by atoms with E-state index in [2.05, 4.69) is 31.6 Å². The van der Waals surface area contributed by atoms with Crippen LogP contribution in [-0.2, 0) is 21.4 Å². The molecule has 2 rings (SSSR count). The number of nitrogens with two attached hydrogens (primary N) is 1. The van der Waals surface area contributed by atoms with Crippen molar-refractivity contribution in [1.82, 2.24) is 15.0 Å². The Morgan fingerprint density at radius 3 is 2.75 bits per heavy atom. The van der Waals surface area contributed by atoms with Crippen LogP contribution < -0.4 is 10.5 Å². The summed E-state index contributed by atoms with van der Waals surface area (Å²) in [5.41, 5.74) is 0.433. The van der Waals surface area contributed by atoms with Crippen molar-refractivity contribution in [2.45, 2.75) is 11.4 Å². The van der Waals surface area contributed by atoms with E-state index in [-0.39, 0.29) is 17.3 Å². The quantitative estimate of drug-likeness (QED) is 0.814. The molecule has 0 atom stereocenters. The normalized spacial score (nSPS) is 11.3. The van der Waals surface area contributed by atoms with Crippen molar-refractivity contribution < 1.29 is 13.2 Å². The molecular weight excluding hydrogens is 350 g/mol. The number of nitrogens with zero attached hydrogens (tertiary/aromatic N) is 3. The molecule has 0 fully saturated rings. The Balaban J connectivity index is 2.12. The monoisotopic (exact) mass is 359 g/mol. The molecule has 0 saturated carbocycles. The van der Waals surface area contributed by atoms with Gasteiger partial charge in [0.2, 0.25) is 15.9 Å². The summed E-state index contributed by atoms with van der Waals surface area (Å²) in [5.74, 6) is -0.320. The summed E-state index contributed by atoms with van der Waals surface area (Å²) < 4.78 is 24.1. The first-order valence-electron chi connectivity index (χ1n) is 5.32. The van der Waals surface area contributed by atoms with Gasteiger partial charge in [0.15, 0.2) is 0 Å². The molecule has 8 nitrogen and oxygen atoms in total. The summed E-state index contributed by atoms with van der Waals surface area (Å²) in [6.07, 6.45) is 3.02. The van der Waals surface area contributed by atoms with E-state index in [1.54, 1.807) is 6.20 Å². The lowest BCUT2D eigenvalue weighted by Crippen LogP contribution is -2.19. The molecule has 1 aromatic carbocycles. The van der Waals surface area contributed by atoms with Crippen LogP contribution in [0.4, 0.5) is 5.69 Å². The Morgan fingerprint density at radius 2 is 2.20 bits per heavy atom. The van der Waals surface area contributed by atoms with E-state index in [9.17, 15) is 13.2 Å². The zero-order valence-corrected chi connectivity index (χ0v) is 12.4. The number of anilines is 1. The summed E-state index contributed by atoms with van der Waals surface area (Å²) in [4.78, 5) is 11.7. The summed E-state index contributed by atoms with van der Waals surface area (Å²) in [6.45, 7) is 0.00335. The Morgan fingerprint density at radius 1 is 1.45 bits per heavy atom. The van der Waals surface area contributed by atoms with Crippen LogP contribution in [0.15, 0.2) is 40.0 Å². The minimum Gasteiger partial charge on any atom is -0.323 e.